The van der Waals surface area contributed by atoms with Crippen LogP contribution >= 0.6 is 0 Å². The minimum absolute atomic E-state index is 0.0816. The first-order valence-electron chi connectivity index (χ1n) is 5.46. The van der Waals surface area contributed by atoms with Crippen LogP contribution in [0.1, 0.15) is 6.92 Å². The van der Waals surface area contributed by atoms with Crippen LogP contribution < -0.4 is 5.32 Å². The van der Waals surface area contributed by atoms with Gasteiger partial charge >= 0.3 is 0 Å². The lowest BCUT2D eigenvalue weighted by Crippen LogP contribution is -2.64. The number of hydrogen-bond donors (Lipinski definition) is 4. The summed E-state index contributed by atoms with van der Waals surface area (Å²) in [7, 11) is 0. The molecule has 0 saturated carbocycles. The summed E-state index contributed by atoms with van der Waals surface area (Å²) in [6.45, 7) is 0.693. The molecule has 1 fully saturated rings. The fourth-order valence-electron chi connectivity index (χ4n) is 1.74. The van der Waals surface area contributed by atoms with Gasteiger partial charge < -0.3 is 30.1 Å². The molecule has 7 heteroatoms. The molecule has 1 amide bonds. The van der Waals surface area contributed by atoms with Crippen LogP contribution in [-0.2, 0) is 14.3 Å². The third kappa shape index (κ3) is 3.41. The summed E-state index contributed by atoms with van der Waals surface area (Å²) in [5, 5.41) is 31.0. The van der Waals surface area contributed by atoms with Gasteiger partial charge in [0.1, 0.15) is 31.0 Å². The maximum Gasteiger partial charge on any atom is 0.217 e. The van der Waals surface area contributed by atoms with E-state index in [9.17, 15) is 15.0 Å². The van der Waals surface area contributed by atoms with Crippen LogP contribution in [0.3, 0.4) is 0 Å². The lowest BCUT2D eigenvalue weighted by Gasteiger charge is -2.41. The number of rotatable bonds is 4. The zero-order chi connectivity index (χ0) is 13.7. The second-order valence-electron chi connectivity index (χ2n) is 3.95. The molecule has 18 heavy (non-hydrogen) atoms. The lowest BCUT2D eigenvalue weighted by molar-refractivity contribution is -0.266. The highest BCUT2D eigenvalue weighted by atomic mass is 16.7. The summed E-state index contributed by atoms with van der Waals surface area (Å²) >= 11 is 0. The van der Waals surface area contributed by atoms with Gasteiger partial charge in [0.25, 0.3) is 0 Å². The van der Waals surface area contributed by atoms with Crippen molar-refractivity contribution in [3.8, 4) is 12.3 Å². The quantitative estimate of drug-likeness (QED) is 0.418. The third-order valence-corrected chi connectivity index (χ3v) is 2.58. The van der Waals surface area contributed by atoms with Crippen molar-refractivity contribution < 1.29 is 29.6 Å². The number of nitrogens with one attached hydrogen (secondary N) is 1. The molecule has 1 aliphatic heterocycles. The maximum atomic E-state index is 11.0. The number of terminal acetylenes is 1. The molecule has 4 N–H and O–H groups in total. The highest BCUT2D eigenvalue weighted by molar-refractivity contribution is 5.73. The van der Waals surface area contributed by atoms with Crippen LogP contribution in [0.25, 0.3) is 0 Å². The molecule has 5 atom stereocenters. The van der Waals surface area contributed by atoms with Crippen molar-refractivity contribution in [1.29, 1.82) is 0 Å². The van der Waals surface area contributed by atoms with E-state index in [2.05, 4.69) is 11.2 Å². The molecule has 0 bridgehead atoms. The molecular weight excluding hydrogens is 242 g/mol. The summed E-state index contributed by atoms with van der Waals surface area (Å²) in [6, 6.07) is -0.950. The largest absolute Gasteiger partial charge is 0.394 e. The van der Waals surface area contributed by atoms with E-state index in [0.29, 0.717) is 0 Å². The van der Waals surface area contributed by atoms with Crippen LogP contribution in [0, 0.1) is 12.3 Å². The van der Waals surface area contributed by atoms with E-state index < -0.39 is 43.2 Å². The molecule has 0 radical (unpaired) electrons. The number of ether oxygens (including phenoxy) is 2. The van der Waals surface area contributed by atoms with Crippen molar-refractivity contribution in [3.63, 3.8) is 0 Å². The molecule has 0 spiro atoms. The zero-order valence-electron chi connectivity index (χ0n) is 9.94. The Balaban J connectivity index is 2.80. The molecular formula is C11H17NO6. The van der Waals surface area contributed by atoms with Gasteiger partial charge in [-0.2, -0.15) is 0 Å². The van der Waals surface area contributed by atoms with Gasteiger partial charge in [0.05, 0.1) is 6.61 Å². The summed E-state index contributed by atoms with van der Waals surface area (Å²) < 4.78 is 10.4. The van der Waals surface area contributed by atoms with E-state index in [1.807, 2.05) is 0 Å². The van der Waals surface area contributed by atoms with Crippen molar-refractivity contribution in [2.24, 2.45) is 0 Å². The van der Waals surface area contributed by atoms with Crippen LogP contribution in [-0.4, -0.2) is 65.1 Å². The van der Waals surface area contributed by atoms with Gasteiger partial charge in [-0.25, -0.2) is 0 Å². The van der Waals surface area contributed by atoms with Crippen LogP contribution in [0.15, 0.2) is 0 Å². The Hall–Kier alpha value is -1.17. The van der Waals surface area contributed by atoms with Crippen molar-refractivity contribution >= 4 is 5.91 Å². The first-order chi connectivity index (χ1) is 8.51. The monoisotopic (exact) mass is 259 g/mol. The van der Waals surface area contributed by atoms with E-state index in [-0.39, 0.29) is 6.61 Å². The van der Waals surface area contributed by atoms with E-state index in [1.165, 1.54) is 6.92 Å². The Labute approximate surface area is 105 Å². The Morgan fingerprint density at radius 3 is 2.67 bits per heavy atom. The number of amides is 1. The first kappa shape index (κ1) is 14.9. The van der Waals surface area contributed by atoms with E-state index in [1.54, 1.807) is 0 Å². The van der Waals surface area contributed by atoms with Gasteiger partial charge in [-0.3, -0.25) is 4.79 Å². The number of aliphatic hydroxyl groups excluding tert-OH is 3. The molecule has 0 aromatic carbocycles. The highest BCUT2D eigenvalue weighted by Gasteiger charge is 2.45. The fraction of sp³-hybridized carbons (Fsp3) is 0.727. The van der Waals surface area contributed by atoms with Gasteiger partial charge in [-0.15, -0.1) is 6.42 Å². The summed E-state index contributed by atoms with van der Waals surface area (Å²) in [5.74, 6) is 1.82. The molecule has 0 aliphatic carbocycles. The van der Waals surface area contributed by atoms with Crippen LogP contribution in [0.5, 0.6) is 0 Å². The van der Waals surface area contributed by atoms with Crippen molar-refractivity contribution in [2.45, 2.75) is 37.6 Å². The average Bonchev–Trinajstić information content (AvgIpc) is 2.33. The summed E-state index contributed by atoms with van der Waals surface area (Å²) in [4.78, 5) is 11.0. The van der Waals surface area contributed by atoms with E-state index >= 15 is 0 Å². The second-order valence-corrected chi connectivity index (χ2v) is 3.95. The number of hydrogen-bond acceptors (Lipinski definition) is 6. The SMILES string of the molecule is C#CCO[C@H]1O[C@H](CO)[C@@H](O)[C@H](O)[C@@H]1NC(C)=O. The van der Waals surface area contributed by atoms with Gasteiger partial charge in [-0.05, 0) is 0 Å². The van der Waals surface area contributed by atoms with Gasteiger partial charge in [0, 0.05) is 6.92 Å². The van der Waals surface area contributed by atoms with Crippen LogP contribution in [0.2, 0.25) is 0 Å². The molecule has 102 valence electrons. The molecule has 1 saturated heterocycles. The van der Waals surface area contributed by atoms with Crippen molar-refractivity contribution in [3.05, 3.63) is 0 Å². The molecule has 0 aromatic rings. The normalized spacial score (nSPS) is 35.8. The molecule has 1 heterocycles. The number of carbonyl (C=O) groups is 1. The Morgan fingerprint density at radius 1 is 1.50 bits per heavy atom. The second kappa shape index (κ2) is 6.68. The number of aliphatic hydroxyl groups is 3. The molecule has 1 rings (SSSR count). The predicted octanol–water partition coefficient (Wildman–Crippen LogP) is -2.42. The number of carbonyl (C=O) groups excluding carboxylic acids is 1. The lowest BCUT2D eigenvalue weighted by atomic mass is 9.97. The molecule has 7 nitrogen and oxygen atoms in total. The summed E-state index contributed by atoms with van der Waals surface area (Å²) in [6.07, 6.45) is 0.383. The minimum atomic E-state index is -1.32. The Bertz CT molecular complexity index is 328. The maximum absolute atomic E-state index is 11.0. The Morgan fingerprint density at radius 2 is 2.17 bits per heavy atom. The standard InChI is InChI=1S/C11H17NO6/c1-3-4-17-11-8(12-6(2)14)10(16)9(15)7(5-13)18-11/h1,7-11,13,15-16H,4-5H2,2H3,(H,12,14)/t7-,8+,9-,10-,11+/m1/s1. The molecule has 0 unspecified atom stereocenters. The summed E-state index contributed by atoms with van der Waals surface area (Å²) in [5.41, 5.74) is 0. The third-order valence-electron chi connectivity index (χ3n) is 2.58. The highest BCUT2D eigenvalue weighted by Crippen LogP contribution is 2.21. The smallest absolute Gasteiger partial charge is 0.217 e. The fourth-order valence-corrected chi connectivity index (χ4v) is 1.74. The van der Waals surface area contributed by atoms with Crippen molar-refractivity contribution in [1.82, 2.24) is 5.32 Å². The minimum Gasteiger partial charge on any atom is -0.394 e. The van der Waals surface area contributed by atoms with Gasteiger partial charge in [0.2, 0.25) is 5.91 Å². The topological polar surface area (TPSA) is 108 Å². The van der Waals surface area contributed by atoms with E-state index in [4.69, 9.17) is 21.0 Å². The van der Waals surface area contributed by atoms with E-state index in [0.717, 1.165) is 0 Å². The van der Waals surface area contributed by atoms with Crippen LogP contribution in [0.4, 0.5) is 0 Å². The molecule has 1 aliphatic rings. The van der Waals surface area contributed by atoms with Gasteiger partial charge in [-0.1, -0.05) is 5.92 Å². The Kier molecular flexibility index (Phi) is 5.53. The van der Waals surface area contributed by atoms with Gasteiger partial charge in [0.15, 0.2) is 6.29 Å². The first-order valence-corrected chi connectivity index (χ1v) is 5.46. The van der Waals surface area contributed by atoms with Crippen molar-refractivity contribution in [2.75, 3.05) is 13.2 Å². The molecule has 0 aromatic heterocycles. The predicted molar refractivity (Wildman–Crippen MR) is 60.2 cm³/mol. The average molecular weight is 259 g/mol. The zero-order valence-corrected chi connectivity index (χ0v) is 9.94.